The van der Waals surface area contributed by atoms with Crippen LogP contribution in [0.3, 0.4) is 0 Å². The van der Waals surface area contributed by atoms with Crippen molar-refractivity contribution in [3.8, 4) is 0 Å². The Morgan fingerprint density at radius 1 is 0.667 bits per heavy atom. The third-order valence-electron chi connectivity index (χ3n) is 14.4. The van der Waals surface area contributed by atoms with Gasteiger partial charge in [-0.1, -0.05) is 60.6 Å². The molecule has 0 amide bonds. The summed E-state index contributed by atoms with van der Waals surface area (Å²) in [7, 11) is 0. The molecule has 2 heteroatoms. The van der Waals surface area contributed by atoms with Crippen LogP contribution in [0.1, 0.15) is 113 Å². The van der Waals surface area contributed by atoms with Gasteiger partial charge in [0.05, 0.1) is 12.2 Å². The molecule has 188 valence electrons. The molecule has 0 aromatic carbocycles. The minimum absolute atomic E-state index is 0.000780. The van der Waals surface area contributed by atoms with Crippen LogP contribution in [0.25, 0.3) is 0 Å². The van der Waals surface area contributed by atoms with Gasteiger partial charge in [-0.25, -0.2) is 0 Å². The molecular weight excluding hydrogens is 404 g/mol. The topological polar surface area (TPSA) is 40.5 Å². The third kappa shape index (κ3) is 2.59. The van der Waals surface area contributed by atoms with Crippen LogP contribution in [0, 0.1) is 56.2 Å². The molecule has 5 aliphatic carbocycles. The molecule has 33 heavy (non-hydrogen) atoms. The highest BCUT2D eigenvalue weighted by atomic mass is 16.3. The summed E-state index contributed by atoms with van der Waals surface area (Å²) < 4.78 is 0. The summed E-state index contributed by atoms with van der Waals surface area (Å²) in [5, 5.41) is 22.8. The Kier molecular flexibility index (Phi) is 5.10. The second kappa shape index (κ2) is 6.90. The Balaban J connectivity index is 1.61. The first-order valence-corrected chi connectivity index (χ1v) is 14.1. The molecule has 0 aromatic heterocycles. The zero-order valence-electron chi connectivity index (χ0n) is 22.9. The van der Waals surface area contributed by atoms with E-state index in [-0.39, 0.29) is 39.3 Å². The molecule has 11 atom stereocenters. The lowest BCUT2D eigenvalue weighted by Crippen LogP contribution is -2.70. The third-order valence-corrected chi connectivity index (χ3v) is 14.4. The van der Waals surface area contributed by atoms with E-state index in [1.54, 1.807) is 0 Å². The highest BCUT2D eigenvalue weighted by Crippen LogP contribution is 2.80. The zero-order chi connectivity index (χ0) is 24.4. The fraction of sp³-hybridized carbons (Fsp3) is 0.935. The Morgan fingerprint density at radius 2 is 1.27 bits per heavy atom. The van der Waals surface area contributed by atoms with Gasteiger partial charge >= 0.3 is 0 Å². The van der Waals surface area contributed by atoms with Gasteiger partial charge in [0.2, 0.25) is 0 Å². The lowest BCUT2D eigenvalue weighted by atomic mass is 9.30. The second-order valence-corrected chi connectivity index (χ2v) is 15.3. The van der Waals surface area contributed by atoms with Crippen LogP contribution in [0.5, 0.6) is 0 Å². The first-order chi connectivity index (χ1) is 15.1. The molecular formula is C31H52O2. The van der Waals surface area contributed by atoms with Crippen molar-refractivity contribution in [3.63, 3.8) is 0 Å². The number of rotatable bonds is 1. The minimum atomic E-state index is -0.223. The second-order valence-electron chi connectivity index (χ2n) is 15.3. The lowest BCUT2D eigenvalue weighted by Gasteiger charge is -2.75. The Bertz CT molecular complexity index is 846. The molecule has 0 heterocycles. The molecule has 2 nitrogen and oxygen atoms in total. The molecule has 0 saturated heterocycles. The molecule has 0 unspecified atom stereocenters. The van der Waals surface area contributed by atoms with Crippen molar-refractivity contribution in [2.45, 2.75) is 125 Å². The van der Waals surface area contributed by atoms with Gasteiger partial charge < -0.3 is 10.2 Å². The minimum Gasteiger partial charge on any atom is -0.393 e. The number of aliphatic hydroxyl groups is 2. The fourth-order valence-electron chi connectivity index (χ4n) is 12.2. The van der Waals surface area contributed by atoms with Crippen LogP contribution >= 0.6 is 0 Å². The SMILES string of the molecule is C=C(C)[C@@H]1CC[C@]2(C)[C@@H](O)C[C@]3(C)[C@H](CC[C@@H]4[C@@]5(C)CC[C@H](O)C(C)(C)[C@@H]5CC[C@]43C)[C@@]12C. The smallest absolute Gasteiger partial charge is 0.0604 e. The van der Waals surface area contributed by atoms with Crippen LogP contribution < -0.4 is 0 Å². The summed E-state index contributed by atoms with van der Waals surface area (Å²) in [6.45, 7) is 24.2. The van der Waals surface area contributed by atoms with Crippen molar-refractivity contribution in [2.75, 3.05) is 0 Å². The summed E-state index contributed by atoms with van der Waals surface area (Å²) in [5.74, 6) is 2.45. The van der Waals surface area contributed by atoms with Gasteiger partial charge in [0.1, 0.15) is 0 Å². The normalized spacial score (nSPS) is 59.7. The van der Waals surface area contributed by atoms with Crippen LogP contribution in [0.15, 0.2) is 12.2 Å². The largest absolute Gasteiger partial charge is 0.393 e. The molecule has 2 N–H and O–H groups in total. The Hall–Kier alpha value is -0.340. The highest BCUT2D eigenvalue weighted by molar-refractivity contribution is 5.26. The summed E-state index contributed by atoms with van der Waals surface area (Å²) in [5.41, 5.74) is 2.15. The summed E-state index contributed by atoms with van der Waals surface area (Å²) in [6.07, 6.45) is 10.1. The maximum absolute atomic E-state index is 11.9. The van der Waals surface area contributed by atoms with Crippen molar-refractivity contribution in [3.05, 3.63) is 12.2 Å². The molecule has 0 aliphatic heterocycles. The monoisotopic (exact) mass is 456 g/mol. The summed E-state index contributed by atoms with van der Waals surface area (Å²) >= 11 is 0. The van der Waals surface area contributed by atoms with Crippen LogP contribution in [0.2, 0.25) is 0 Å². The van der Waals surface area contributed by atoms with E-state index in [1.165, 1.54) is 37.7 Å². The van der Waals surface area contributed by atoms with E-state index in [1.807, 2.05) is 0 Å². The Labute approximate surface area is 204 Å². The van der Waals surface area contributed by atoms with Gasteiger partial charge in [-0.05, 0) is 121 Å². The molecule has 5 fully saturated rings. The molecule has 0 bridgehead atoms. The molecule has 0 radical (unpaired) electrons. The first-order valence-electron chi connectivity index (χ1n) is 14.1. The molecule has 0 aromatic rings. The lowest BCUT2D eigenvalue weighted by molar-refractivity contribution is -0.281. The van der Waals surface area contributed by atoms with E-state index >= 15 is 0 Å². The van der Waals surface area contributed by atoms with E-state index in [4.69, 9.17) is 0 Å². The van der Waals surface area contributed by atoms with E-state index in [0.717, 1.165) is 25.7 Å². The van der Waals surface area contributed by atoms with Crippen molar-refractivity contribution in [1.82, 2.24) is 0 Å². The van der Waals surface area contributed by atoms with Crippen molar-refractivity contribution in [2.24, 2.45) is 56.2 Å². The van der Waals surface area contributed by atoms with Gasteiger partial charge in [0.15, 0.2) is 0 Å². The Morgan fingerprint density at radius 3 is 1.91 bits per heavy atom. The van der Waals surface area contributed by atoms with Gasteiger partial charge in [-0.2, -0.15) is 0 Å². The van der Waals surface area contributed by atoms with Crippen LogP contribution in [-0.4, -0.2) is 22.4 Å². The summed E-state index contributed by atoms with van der Waals surface area (Å²) in [4.78, 5) is 0. The predicted molar refractivity (Wildman–Crippen MR) is 137 cm³/mol. The average Bonchev–Trinajstić information content (AvgIpc) is 2.99. The van der Waals surface area contributed by atoms with Gasteiger partial charge in [0, 0.05) is 0 Å². The zero-order valence-corrected chi connectivity index (χ0v) is 22.9. The number of hydrogen-bond acceptors (Lipinski definition) is 2. The first kappa shape index (κ1) is 24.4. The maximum atomic E-state index is 11.9. The van der Waals surface area contributed by atoms with Crippen molar-refractivity contribution < 1.29 is 10.2 Å². The average molecular weight is 457 g/mol. The fourth-order valence-corrected chi connectivity index (χ4v) is 12.2. The van der Waals surface area contributed by atoms with Gasteiger partial charge in [-0.15, -0.1) is 0 Å². The number of fused-ring (bicyclic) bond motifs is 7. The quantitative estimate of drug-likeness (QED) is 0.404. The highest BCUT2D eigenvalue weighted by Gasteiger charge is 2.75. The van der Waals surface area contributed by atoms with Gasteiger partial charge in [-0.3, -0.25) is 0 Å². The number of hydrogen-bond donors (Lipinski definition) is 2. The summed E-state index contributed by atoms with van der Waals surface area (Å²) in [6, 6.07) is 0. The maximum Gasteiger partial charge on any atom is 0.0604 e. The predicted octanol–water partition coefficient (Wildman–Crippen LogP) is 7.39. The molecule has 5 rings (SSSR count). The van der Waals surface area contributed by atoms with Crippen LogP contribution in [-0.2, 0) is 0 Å². The van der Waals surface area contributed by atoms with E-state index in [2.05, 4.69) is 62.0 Å². The number of allylic oxidation sites excluding steroid dienone is 1. The molecule has 0 spiro atoms. The molecule has 5 saturated carbocycles. The van der Waals surface area contributed by atoms with E-state index in [0.29, 0.717) is 29.1 Å². The van der Waals surface area contributed by atoms with Gasteiger partial charge in [0.25, 0.3) is 0 Å². The van der Waals surface area contributed by atoms with Crippen molar-refractivity contribution in [1.29, 1.82) is 0 Å². The van der Waals surface area contributed by atoms with Crippen LogP contribution in [0.4, 0.5) is 0 Å². The van der Waals surface area contributed by atoms with E-state index in [9.17, 15) is 10.2 Å². The standard InChI is InChI=1S/C31H52O2/c1-19(2)20-12-16-29(7)25(33)18-30(8)23(31(20,29)9)11-10-22-27(5)15-14-24(32)26(3,4)21(27)13-17-28(22,30)6/h20-25,32-33H,1,10-18H2,2-9H3/t20-,21-,22+,23-,24-,25-,27-,28+,29+,30+,31+/m0/s1. The molecule has 5 aliphatic rings. The van der Waals surface area contributed by atoms with Crippen molar-refractivity contribution >= 4 is 0 Å². The number of aliphatic hydroxyl groups excluding tert-OH is 2. The van der Waals surface area contributed by atoms with E-state index < -0.39 is 0 Å².